The lowest BCUT2D eigenvalue weighted by atomic mass is 9.72. The van der Waals surface area contributed by atoms with Crippen LogP contribution in [0.15, 0.2) is 0 Å². The Morgan fingerprint density at radius 1 is 1.14 bits per heavy atom. The highest BCUT2D eigenvalue weighted by molar-refractivity contribution is 9.09. The summed E-state index contributed by atoms with van der Waals surface area (Å²) in [4.78, 5) is 13.4. The zero-order valence-corrected chi connectivity index (χ0v) is 10.1. The maximum Gasteiger partial charge on any atom is 0.233 e. The van der Waals surface area contributed by atoms with E-state index in [4.69, 9.17) is 0 Å². The fourth-order valence-electron chi connectivity index (χ4n) is 2.62. The number of rotatable bonds is 2. The van der Waals surface area contributed by atoms with Gasteiger partial charge in [0.1, 0.15) is 0 Å². The minimum atomic E-state index is 0.261. The average molecular weight is 260 g/mol. The third-order valence-electron chi connectivity index (χ3n) is 3.82. The summed E-state index contributed by atoms with van der Waals surface area (Å²) in [7, 11) is 0. The van der Waals surface area contributed by atoms with E-state index in [-0.39, 0.29) is 5.91 Å². The molecule has 0 aromatic carbocycles. The van der Waals surface area contributed by atoms with Crippen molar-refractivity contribution >= 4 is 21.8 Å². The number of carbonyl (C=O) groups excluding carboxylic acids is 1. The molecule has 2 aliphatic rings. The maximum atomic E-state index is 11.4. The standard InChI is InChI=1S/C11H18BrNO/c12-8-11(14)13-6-4-10(5-7-13)9-2-1-3-9/h9-10H,1-8H2. The predicted molar refractivity (Wildman–Crippen MR) is 60.4 cm³/mol. The molecule has 1 saturated heterocycles. The molecule has 1 aliphatic heterocycles. The van der Waals surface area contributed by atoms with Crippen LogP contribution in [0.3, 0.4) is 0 Å². The molecule has 0 unspecified atom stereocenters. The lowest BCUT2D eigenvalue weighted by Gasteiger charge is -2.39. The summed E-state index contributed by atoms with van der Waals surface area (Å²) in [6, 6.07) is 0. The second-order valence-electron chi connectivity index (χ2n) is 4.54. The van der Waals surface area contributed by atoms with E-state index < -0.39 is 0 Å². The molecule has 0 bridgehead atoms. The van der Waals surface area contributed by atoms with E-state index in [1.807, 2.05) is 4.90 Å². The highest BCUT2D eigenvalue weighted by atomic mass is 79.9. The minimum absolute atomic E-state index is 0.261. The van der Waals surface area contributed by atoms with Gasteiger partial charge in [-0.05, 0) is 24.7 Å². The smallest absolute Gasteiger partial charge is 0.233 e. The first kappa shape index (κ1) is 10.5. The summed E-state index contributed by atoms with van der Waals surface area (Å²) in [6.07, 6.45) is 6.80. The van der Waals surface area contributed by atoms with E-state index >= 15 is 0 Å². The van der Waals surface area contributed by atoms with Crippen LogP contribution in [0.2, 0.25) is 0 Å². The third-order valence-corrected chi connectivity index (χ3v) is 4.30. The monoisotopic (exact) mass is 259 g/mol. The van der Waals surface area contributed by atoms with Gasteiger partial charge in [-0.25, -0.2) is 0 Å². The Labute approximate surface area is 94.2 Å². The van der Waals surface area contributed by atoms with Crippen LogP contribution in [-0.2, 0) is 4.79 Å². The number of alkyl halides is 1. The minimum Gasteiger partial charge on any atom is -0.342 e. The number of nitrogens with zero attached hydrogens (tertiary/aromatic N) is 1. The summed E-state index contributed by atoms with van der Waals surface area (Å²) in [5.74, 6) is 2.18. The SMILES string of the molecule is O=C(CBr)N1CCC(C2CCC2)CC1. The molecule has 2 nitrogen and oxygen atoms in total. The van der Waals surface area contributed by atoms with Crippen LogP contribution in [0, 0.1) is 11.8 Å². The zero-order chi connectivity index (χ0) is 9.97. The highest BCUT2D eigenvalue weighted by Crippen LogP contribution is 2.38. The molecular formula is C11H18BrNO. The van der Waals surface area contributed by atoms with E-state index in [1.54, 1.807) is 0 Å². The van der Waals surface area contributed by atoms with Crippen LogP contribution in [0.4, 0.5) is 0 Å². The van der Waals surface area contributed by atoms with Crippen LogP contribution in [0.25, 0.3) is 0 Å². The third kappa shape index (κ3) is 2.13. The molecule has 1 saturated carbocycles. The predicted octanol–water partition coefficient (Wildman–Crippen LogP) is 2.42. The second kappa shape index (κ2) is 4.65. The number of piperidine rings is 1. The van der Waals surface area contributed by atoms with Crippen molar-refractivity contribution in [1.29, 1.82) is 0 Å². The van der Waals surface area contributed by atoms with Gasteiger partial charge in [0.15, 0.2) is 0 Å². The van der Waals surface area contributed by atoms with Gasteiger partial charge in [-0.3, -0.25) is 4.79 Å². The van der Waals surface area contributed by atoms with Gasteiger partial charge in [0.05, 0.1) is 5.33 Å². The molecule has 1 aliphatic carbocycles. The molecule has 14 heavy (non-hydrogen) atoms. The van der Waals surface area contributed by atoms with Gasteiger partial charge in [-0.15, -0.1) is 0 Å². The summed E-state index contributed by atoms with van der Waals surface area (Å²) >= 11 is 3.23. The van der Waals surface area contributed by atoms with Gasteiger partial charge in [-0.1, -0.05) is 35.2 Å². The Bertz CT molecular complexity index is 207. The lowest BCUT2D eigenvalue weighted by molar-refractivity contribution is -0.130. The highest BCUT2D eigenvalue weighted by Gasteiger charge is 2.31. The first-order valence-electron chi connectivity index (χ1n) is 5.65. The summed E-state index contributed by atoms with van der Waals surface area (Å²) in [5.41, 5.74) is 0. The van der Waals surface area contributed by atoms with Crippen molar-refractivity contribution in [1.82, 2.24) is 4.90 Å². The summed E-state index contributed by atoms with van der Waals surface area (Å²) in [5, 5.41) is 0.487. The van der Waals surface area contributed by atoms with Crippen LogP contribution >= 0.6 is 15.9 Å². The summed E-state index contributed by atoms with van der Waals surface area (Å²) < 4.78 is 0. The molecule has 0 aromatic rings. The number of hydrogen-bond acceptors (Lipinski definition) is 1. The van der Waals surface area contributed by atoms with Gasteiger partial charge in [0, 0.05) is 13.1 Å². The maximum absolute atomic E-state index is 11.4. The van der Waals surface area contributed by atoms with E-state index in [9.17, 15) is 4.79 Å². The molecule has 1 amide bonds. The Kier molecular flexibility index (Phi) is 3.47. The fourth-order valence-corrected chi connectivity index (χ4v) is 2.97. The second-order valence-corrected chi connectivity index (χ2v) is 5.10. The van der Waals surface area contributed by atoms with Crippen molar-refractivity contribution in [2.45, 2.75) is 32.1 Å². The normalized spacial score (nSPS) is 24.8. The van der Waals surface area contributed by atoms with Gasteiger partial charge < -0.3 is 4.90 Å². The molecule has 3 heteroatoms. The molecule has 0 atom stereocenters. The van der Waals surface area contributed by atoms with Crippen molar-refractivity contribution in [2.75, 3.05) is 18.4 Å². The van der Waals surface area contributed by atoms with Crippen LogP contribution in [-0.4, -0.2) is 29.2 Å². The number of amides is 1. The van der Waals surface area contributed by atoms with Gasteiger partial charge >= 0.3 is 0 Å². The summed E-state index contributed by atoms with van der Waals surface area (Å²) in [6.45, 7) is 1.98. The van der Waals surface area contributed by atoms with Crippen molar-refractivity contribution in [3.05, 3.63) is 0 Å². The molecule has 2 fully saturated rings. The van der Waals surface area contributed by atoms with Crippen molar-refractivity contribution in [3.8, 4) is 0 Å². The molecule has 0 N–H and O–H groups in total. The Balaban J connectivity index is 1.76. The van der Waals surface area contributed by atoms with Gasteiger partial charge in [0.25, 0.3) is 0 Å². The molecule has 2 rings (SSSR count). The van der Waals surface area contributed by atoms with E-state index in [0.29, 0.717) is 5.33 Å². The van der Waals surface area contributed by atoms with Crippen molar-refractivity contribution in [3.63, 3.8) is 0 Å². The lowest BCUT2D eigenvalue weighted by Crippen LogP contribution is -2.41. The first-order chi connectivity index (χ1) is 6.81. The largest absolute Gasteiger partial charge is 0.342 e. The average Bonchev–Trinajstić information content (AvgIpc) is 2.15. The van der Waals surface area contributed by atoms with Crippen LogP contribution in [0.5, 0.6) is 0 Å². The van der Waals surface area contributed by atoms with E-state index in [0.717, 1.165) is 24.9 Å². The van der Waals surface area contributed by atoms with Crippen LogP contribution in [0.1, 0.15) is 32.1 Å². The number of likely N-dealkylation sites (tertiary alicyclic amines) is 1. The van der Waals surface area contributed by atoms with Crippen molar-refractivity contribution in [2.24, 2.45) is 11.8 Å². The molecule has 0 spiro atoms. The molecule has 80 valence electrons. The van der Waals surface area contributed by atoms with Gasteiger partial charge in [0.2, 0.25) is 5.91 Å². The quantitative estimate of drug-likeness (QED) is 0.698. The molecule has 0 radical (unpaired) electrons. The van der Waals surface area contributed by atoms with Crippen LogP contribution < -0.4 is 0 Å². The van der Waals surface area contributed by atoms with Crippen molar-refractivity contribution < 1.29 is 4.79 Å². The molecule has 0 aromatic heterocycles. The Morgan fingerprint density at radius 2 is 1.71 bits per heavy atom. The topological polar surface area (TPSA) is 20.3 Å². The first-order valence-corrected chi connectivity index (χ1v) is 6.77. The number of carbonyl (C=O) groups is 1. The van der Waals surface area contributed by atoms with E-state index in [2.05, 4.69) is 15.9 Å². The number of hydrogen-bond donors (Lipinski definition) is 0. The molecule has 1 heterocycles. The molecular weight excluding hydrogens is 242 g/mol. The Hall–Kier alpha value is -0.0500. The van der Waals surface area contributed by atoms with E-state index in [1.165, 1.54) is 32.1 Å². The number of halogens is 1. The van der Waals surface area contributed by atoms with Gasteiger partial charge in [-0.2, -0.15) is 0 Å². The zero-order valence-electron chi connectivity index (χ0n) is 8.54. The Morgan fingerprint density at radius 3 is 2.14 bits per heavy atom. The fraction of sp³-hybridized carbons (Fsp3) is 0.909.